The second kappa shape index (κ2) is 13.6. The Morgan fingerprint density at radius 2 is 1.29 bits per heavy atom. The van der Waals surface area contributed by atoms with Crippen molar-refractivity contribution in [3.63, 3.8) is 0 Å². The molecule has 0 radical (unpaired) electrons. The first-order valence-corrected chi connectivity index (χ1v) is 10.1. The monoisotopic (exact) mass is 383 g/mol. The van der Waals surface area contributed by atoms with Crippen LogP contribution >= 0.6 is 0 Å². The third-order valence-electron chi connectivity index (χ3n) is 1.60. The molecule has 0 N–H and O–H groups in total. The normalized spacial score (nSPS) is 10.4. The van der Waals surface area contributed by atoms with E-state index in [1.54, 1.807) is 20.8 Å². The van der Waals surface area contributed by atoms with Crippen LogP contribution in [0.5, 0.6) is 0 Å². The summed E-state index contributed by atoms with van der Waals surface area (Å²) in [5.41, 5.74) is -0.494. The summed E-state index contributed by atoms with van der Waals surface area (Å²) in [7, 11) is 0. The van der Waals surface area contributed by atoms with Crippen molar-refractivity contribution in [2.75, 3.05) is 19.8 Å². The molecule has 0 aliphatic carbocycles. The molecular weight excluding hydrogens is 355 g/mol. The number of carbonyl (C=O) groups is 2. The van der Waals surface area contributed by atoms with Gasteiger partial charge >= 0.3 is 78.1 Å². The van der Waals surface area contributed by atoms with Crippen LogP contribution in [-0.4, -0.2) is 37.2 Å². The van der Waals surface area contributed by atoms with E-state index in [9.17, 15) is 9.59 Å². The summed E-state index contributed by atoms with van der Waals surface area (Å²) in [6, 6.07) is 0. The van der Waals surface area contributed by atoms with Crippen LogP contribution in [0.3, 0.4) is 0 Å². The van der Waals surface area contributed by atoms with Gasteiger partial charge in [-0.1, -0.05) is 0 Å². The van der Waals surface area contributed by atoms with Gasteiger partial charge in [0.1, 0.15) is 17.8 Å². The molecule has 0 amide bonds. The fourth-order valence-electron chi connectivity index (χ4n) is 1.06. The summed E-state index contributed by atoms with van der Waals surface area (Å²) in [6.45, 7) is 14.7. The molecule has 0 spiro atoms. The summed E-state index contributed by atoms with van der Waals surface area (Å²) in [4.78, 5) is 21.3. The van der Waals surface area contributed by atoms with Crippen molar-refractivity contribution < 1.29 is 45.8 Å². The van der Waals surface area contributed by atoms with E-state index in [1.165, 1.54) is 6.92 Å². The third-order valence-corrected chi connectivity index (χ3v) is 5.47. The number of ether oxygens (including phenoxy) is 1. The van der Waals surface area contributed by atoms with Gasteiger partial charge in [0.05, 0.1) is 0 Å². The molecule has 0 aromatic heterocycles. The fourth-order valence-corrected chi connectivity index (χ4v) is 3.41. The van der Waals surface area contributed by atoms with E-state index >= 15 is 0 Å². The number of ketones is 1. The van der Waals surface area contributed by atoms with E-state index in [2.05, 4.69) is 0 Å². The molecule has 0 saturated heterocycles. The molecule has 0 aliphatic heterocycles. The van der Waals surface area contributed by atoms with E-state index in [1.807, 2.05) is 20.8 Å². The van der Waals surface area contributed by atoms with Gasteiger partial charge in [0.2, 0.25) is 0 Å². The van der Waals surface area contributed by atoms with Crippen molar-refractivity contribution in [3.05, 3.63) is 0 Å². The zero-order chi connectivity index (χ0) is 16.9. The predicted octanol–water partition coefficient (Wildman–Crippen LogP) is 2.77. The molecule has 0 rings (SSSR count). The molecule has 0 aliphatic rings. The van der Waals surface area contributed by atoms with Crippen LogP contribution < -0.4 is 0 Å². The van der Waals surface area contributed by atoms with Gasteiger partial charge in [-0.15, -0.1) is 0 Å². The Labute approximate surface area is 138 Å². The first kappa shape index (κ1) is 23.2. The third kappa shape index (κ3) is 19.9. The Bertz CT molecular complexity index is 273. The van der Waals surface area contributed by atoms with Crippen LogP contribution in [-0.2, 0) is 45.8 Å². The Balaban J connectivity index is 0. The Morgan fingerprint density at radius 3 is 1.52 bits per heavy atom. The zero-order valence-electron chi connectivity index (χ0n) is 14.3. The summed E-state index contributed by atoms with van der Waals surface area (Å²) in [6.07, 6.45) is -0.128. The van der Waals surface area contributed by atoms with Gasteiger partial charge in [-0.3, -0.25) is 9.59 Å². The number of hydrogen-bond donors (Lipinski definition) is 0. The Kier molecular flexibility index (Phi) is 15.0. The molecule has 0 aromatic carbocycles. The predicted molar refractivity (Wildman–Crippen MR) is 76.0 cm³/mol. The van der Waals surface area contributed by atoms with Crippen LogP contribution in [0.2, 0.25) is 0 Å². The van der Waals surface area contributed by atoms with Gasteiger partial charge in [-0.2, -0.15) is 0 Å². The standard InChI is InChI=1S/C8H14O3.3C2H5O.Zr/c1-6(9)5-7(10)11-8(2,3)4;3*1-2-3;/h5H2,1-4H3;3*2H2,1H3;/q;3*-1;+3. The van der Waals surface area contributed by atoms with E-state index < -0.39 is 34.6 Å². The molecule has 0 aromatic rings. The second-order valence-corrected chi connectivity index (χ2v) is 8.37. The van der Waals surface area contributed by atoms with Gasteiger partial charge in [0.25, 0.3) is 0 Å². The number of esters is 1. The van der Waals surface area contributed by atoms with Crippen molar-refractivity contribution in [3.8, 4) is 0 Å². The summed E-state index contributed by atoms with van der Waals surface area (Å²) in [5.74, 6) is -0.621. The van der Waals surface area contributed by atoms with E-state index in [-0.39, 0.29) is 12.2 Å². The van der Waals surface area contributed by atoms with Gasteiger partial charge in [0.15, 0.2) is 0 Å². The molecular formula is C14H29O6Zr. The van der Waals surface area contributed by atoms with Crippen molar-refractivity contribution in [1.29, 1.82) is 0 Å². The van der Waals surface area contributed by atoms with Crippen molar-refractivity contribution in [2.45, 2.75) is 60.5 Å². The first-order chi connectivity index (χ1) is 9.66. The van der Waals surface area contributed by atoms with Gasteiger partial charge < -0.3 is 4.74 Å². The molecule has 125 valence electrons. The fraction of sp³-hybridized carbons (Fsp3) is 0.857. The van der Waals surface area contributed by atoms with Gasteiger partial charge in [-0.25, -0.2) is 0 Å². The molecule has 0 fully saturated rings. The Hall–Kier alpha value is -0.0969. The molecule has 0 atom stereocenters. The summed E-state index contributed by atoms with van der Waals surface area (Å²) in [5, 5.41) is 0. The van der Waals surface area contributed by atoms with Crippen molar-refractivity contribution in [2.24, 2.45) is 0 Å². The van der Waals surface area contributed by atoms with Gasteiger partial charge in [0, 0.05) is 0 Å². The Morgan fingerprint density at radius 1 is 0.905 bits per heavy atom. The van der Waals surface area contributed by atoms with Crippen LogP contribution in [0, 0.1) is 0 Å². The quantitative estimate of drug-likeness (QED) is 0.473. The molecule has 0 bridgehead atoms. The maximum atomic E-state index is 10.8. The molecule has 7 heteroatoms. The van der Waals surface area contributed by atoms with Crippen LogP contribution in [0.4, 0.5) is 0 Å². The SMILES string of the molecule is CC(=O)CC(=O)OC(C)(C)C.CC[O][Zr]([O]CC)[O]CC. The molecule has 0 saturated carbocycles. The molecule has 0 heterocycles. The van der Waals surface area contributed by atoms with Crippen molar-refractivity contribution >= 4 is 11.8 Å². The molecule has 0 unspecified atom stereocenters. The van der Waals surface area contributed by atoms with Crippen LogP contribution in [0.25, 0.3) is 0 Å². The first-order valence-electron chi connectivity index (χ1n) is 7.12. The average Bonchev–Trinajstić information content (AvgIpc) is 2.27. The number of Topliss-reactive ketones (excluding diaryl/α,β-unsaturated/α-hetero) is 1. The number of hydrogen-bond acceptors (Lipinski definition) is 6. The average molecular weight is 385 g/mol. The van der Waals surface area contributed by atoms with Crippen molar-refractivity contribution in [1.82, 2.24) is 0 Å². The second-order valence-electron chi connectivity index (χ2n) is 5.01. The number of carbonyl (C=O) groups excluding carboxylic acids is 2. The van der Waals surface area contributed by atoms with E-state index in [4.69, 9.17) is 13.2 Å². The summed E-state index contributed by atoms with van der Waals surface area (Å²) < 4.78 is 20.7. The van der Waals surface area contributed by atoms with E-state index in [0.717, 1.165) is 0 Å². The zero-order valence-corrected chi connectivity index (χ0v) is 16.7. The maximum absolute atomic E-state index is 10.8. The minimum absolute atomic E-state index is 0.128. The number of rotatable bonds is 8. The topological polar surface area (TPSA) is 71.1 Å². The van der Waals surface area contributed by atoms with E-state index in [0.29, 0.717) is 19.8 Å². The van der Waals surface area contributed by atoms with Gasteiger partial charge in [-0.05, 0) is 27.7 Å². The van der Waals surface area contributed by atoms with Crippen LogP contribution in [0.15, 0.2) is 0 Å². The molecule has 6 nitrogen and oxygen atoms in total. The minimum atomic E-state index is -2.26. The molecule has 21 heavy (non-hydrogen) atoms. The van der Waals surface area contributed by atoms with Crippen LogP contribution in [0.1, 0.15) is 54.9 Å². The summed E-state index contributed by atoms with van der Waals surface area (Å²) >= 11 is -2.26.